The maximum Gasteiger partial charge on any atom is 0.217 e. The number of ether oxygens (including phenoxy) is 7. The predicted molar refractivity (Wildman–Crippen MR) is 169 cm³/mol. The molecule has 0 radical (unpaired) electrons. The number of nitrogens with one attached hydrogen (secondary N) is 3. The van der Waals surface area contributed by atoms with Gasteiger partial charge in [0.05, 0.1) is 26.4 Å². The highest BCUT2D eigenvalue weighted by molar-refractivity contribution is 5.74. The van der Waals surface area contributed by atoms with Gasteiger partial charge in [-0.1, -0.05) is 0 Å². The highest BCUT2D eigenvalue weighted by atomic mass is 16.8. The van der Waals surface area contributed by atoms with Crippen LogP contribution in [0.15, 0.2) is 0 Å². The number of aliphatic hydroxyl groups excluding tert-OH is 11. The standard InChI is InChI=1S/C30H51N3O21/c1-8(37)31-15-21(43)18(40)11(4-34)50-28(15)48-7-14-25(53-29-16(32-9(2)38)22(44)19(41)12(5-35)51-29)24(46)26(27(47)49-14)54-30-17(33-10(3)39)23(45)20(42)13(6-36)52-30/h11-30,34-36,40-47H,4-7H2,1-3H3,(H,31,37)(H,32,38)(H,33,39)/t11-,12-,13-,14-,15-,16-,17-,18-,19-,20-,21-,22-,23-,24+,25-,26+,27+,28-,29+,30+/m1/s1. The van der Waals surface area contributed by atoms with Crippen molar-refractivity contribution in [2.24, 2.45) is 0 Å². The minimum absolute atomic E-state index is 0.673. The summed E-state index contributed by atoms with van der Waals surface area (Å²) in [5.41, 5.74) is 0. The molecule has 0 aromatic heterocycles. The molecule has 4 fully saturated rings. The molecule has 20 atom stereocenters. The Bertz CT molecular complexity index is 1250. The Kier molecular flexibility index (Phi) is 15.8. The van der Waals surface area contributed by atoms with Gasteiger partial charge < -0.3 is 105 Å². The summed E-state index contributed by atoms with van der Waals surface area (Å²) in [5, 5.41) is 123. The molecule has 24 heteroatoms. The van der Waals surface area contributed by atoms with E-state index in [-0.39, 0.29) is 0 Å². The van der Waals surface area contributed by atoms with Crippen LogP contribution in [-0.2, 0) is 47.5 Å². The van der Waals surface area contributed by atoms with E-state index in [0.29, 0.717) is 0 Å². The van der Waals surface area contributed by atoms with Crippen molar-refractivity contribution in [2.45, 2.75) is 143 Å². The molecular weight excluding hydrogens is 738 g/mol. The number of rotatable bonds is 13. The van der Waals surface area contributed by atoms with E-state index in [0.717, 1.165) is 20.8 Å². The first-order chi connectivity index (χ1) is 25.4. The van der Waals surface area contributed by atoms with Crippen molar-refractivity contribution in [1.82, 2.24) is 16.0 Å². The zero-order valence-electron chi connectivity index (χ0n) is 29.4. The molecule has 0 aliphatic carbocycles. The summed E-state index contributed by atoms with van der Waals surface area (Å²) in [5.74, 6) is -2.11. The second-order valence-electron chi connectivity index (χ2n) is 13.4. The van der Waals surface area contributed by atoms with Gasteiger partial charge in [0.25, 0.3) is 0 Å². The minimum atomic E-state index is -2.13. The van der Waals surface area contributed by atoms with Crippen LogP contribution in [0.3, 0.4) is 0 Å². The van der Waals surface area contributed by atoms with Crippen LogP contribution >= 0.6 is 0 Å². The number of carbonyl (C=O) groups is 3. The fourth-order valence-corrected chi connectivity index (χ4v) is 6.65. The van der Waals surface area contributed by atoms with E-state index in [2.05, 4.69) is 16.0 Å². The predicted octanol–water partition coefficient (Wildman–Crippen LogP) is -9.32. The van der Waals surface area contributed by atoms with Crippen LogP contribution in [-0.4, -0.2) is 223 Å². The van der Waals surface area contributed by atoms with Crippen molar-refractivity contribution >= 4 is 17.7 Å². The van der Waals surface area contributed by atoms with Gasteiger partial charge >= 0.3 is 0 Å². The molecule has 4 aliphatic heterocycles. The molecule has 0 unspecified atom stereocenters. The lowest BCUT2D eigenvalue weighted by Crippen LogP contribution is -2.69. The van der Waals surface area contributed by atoms with Crippen LogP contribution in [0.4, 0.5) is 0 Å². The van der Waals surface area contributed by atoms with Crippen LogP contribution in [0.5, 0.6) is 0 Å². The Balaban J connectivity index is 1.67. The van der Waals surface area contributed by atoms with E-state index in [9.17, 15) is 70.6 Å². The number of carbonyl (C=O) groups excluding carboxylic acids is 3. The van der Waals surface area contributed by atoms with E-state index < -0.39 is 167 Å². The molecule has 4 rings (SSSR count). The SMILES string of the molecule is CC(=O)N[C@H]1[C@H](OC[C@H]2O[C@H](O)[C@@H](O[C@@H]3O[C@H](CO)[C@@H](O)[C@H](O)[C@H]3NC(C)=O)[C@@H](O)[C@@H]2O[C@@H]2O[C@H](CO)[C@@H](O)[C@H](O)[C@H]2NC(C)=O)O[C@H](CO)[C@@H](O)[C@@H]1O. The normalized spacial score (nSPS) is 45.7. The number of aliphatic hydroxyl groups is 11. The first-order valence-electron chi connectivity index (χ1n) is 17.1. The summed E-state index contributed by atoms with van der Waals surface area (Å²) in [4.78, 5) is 36.0. The van der Waals surface area contributed by atoms with E-state index >= 15 is 0 Å². The Labute approximate surface area is 307 Å². The molecular formula is C30H51N3O21. The Morgan fingerprint density at radius 2 is 0.833 bits per heavy atom. The maximum atomic E-state index is 12.1. The van der Waals surface area contributed by atoms with Gasteiger partial charge in [-0.15, -0.1) is 0 Å². The van der Waals surface area contributed by atoms with Crippen molar-refractivity contribution in [2.75, 3.05) is 26.4 Å². The van der Waals surface area contributed by atoms with Gasteiger partial charge in [-0.25, -0.2) is 0 Å². The van der Waals surface area contributed by atoms with Gasteiger partial charge in [0, 0.05) is 20.8 Å². The van der Waals surface area contributed by atoms with Crippen molar-refractivity contribution in [3.05, 3.63) is 0 Å². The first kappa shape index (κ1) is 44.4. The lowest BCUT2D eigenvalue weighted by atomic mass is 9.94. The first-order valence-corrected chi connectivity index (χ1v) is 17.1. The second-order valence-corrected chi connectivity index (χ2v) is 13.4. The van der Waals surface area contributed by atoms with Gasteiger partial charge in [0.2, 0.25) is 17.7 Å². The summed E-state index contributed by atoms with van der Waals surface area (Å²) in [7, 11) is 0. The molecule has 54 heavy (non-hydrogen) atoms. The summed E-state index contributed by atoms with van der Waals surface area (Å²) in [6.45, 7) is 0.0339. The van der Waals surface area contributed by atoms with Crippen molar-refractivity contribution in [1.29, 1.82) is 0 Å². The van der Waals surface area contributed by atoms with Gasteiger partial charge in [-0.05, 0) is 0 Å². The smallest absolute Gasteiger partial charge is 0.217 e. The number of hydrogen-bond acceptors (Lipinski definition) is 21. The van der Waals surface area contributed by atoms with Gasteiger partial charge in [-0.3, -0.25) is 14.4 Å². The lowest BCUT2D eigenvalue weighted by Gasteiger charge is -2.49. The highest BCUT2D eigenvalue weighted by Gasteiger charge is 2.55. The van der Waals surface area contributed by atoms with Gasteiger partial charge in [-0.2, -0.15) is 0 Å². The molecule has 24 nitrogen and oxygen atoms in total. The molecule has 4 aliphatic rings. The fourth-order valence-electron chi connectivity index (χ4n) is 6.65. The average molecular weight is 790 g/mol. The van der Waals surface area contributed by atoms with E-state index in [1.165, 1.54) is 0 Å². The molecule has 0 bridgehead atoms. The van der Waals surface area contributed by atoms with Crippen molar-refractivity contribution in [3.63, 3.8) is 0 Å². The Morgan fingerprint density at radius 1 is 0.481 bits per heavy atom. The topological polar surface area (TPSA) is 374 Å². The van der Waals surface area contributed by atoms with E-state index in [4.69, 9.17) is 33.2 Å². The second kappa shape index (κ2) is 19.2. The average Bonchev–Trinajstić information content (AvgIpc) is 3.11. The number of hydrogen-bond donors (Lipinski definition) is 14. The summed E-state index contributed by atoms with van der Waals surface area (Å²) in [6.07, 6.45) is -29.5. The summed E-state index contributed by atoms with van der Waals surface area (Å²) >= 11 is 0. The van der Waals surface area contributed by atoms with Gasteiger partial charge in [0.15, 0.2) is 25.2 Å². The van der Waals surface area contributed by atoms with Crippen molar-refractivity contribution in [3.8, 4) is 0 Å². The third-order valence-corrected chi connectivity index (χ3v) is 9.39. The fraction of sp³-hybridized carbons (Fsp3) is 0.900. The monoisotopic (exact) mass is 789 g/mol. The summed E-state index contributed by atoms with van der Waals surface area (Å²) in [6, 6.07) is -4.53. The Hall–Kier alpha value is -2.31. The largest absolute Gasteiger partial charge is 0.394 e. The molecule has 0 aromatic rings. The molecule has 14 N–H and O–H groups in total. The zero-order chi connectivity index (χ0) is 40.2. The van der Waals surface area contributed by atoms with Crippen LogP contribution in [0, 0.1) is 0 Å². The van der Waals surface area contributed by atoms with E-state index in [1.54, 1.807) is 0 Å². The molecule has 0 spiro atoms. The quantitative estimate of drug-likeness (QED) is 0.0823. The van der Waals surface area contributed by atoms with E-state index in [1.807, 2.05) is 0 Å². The minimum Gasteiger partial charge on any atom is -0.394 e. The lowest BCUT2D eigenvalue weighted by molar-refractivity contribution is -0.374. The molecule has 0 saturated carbocycles. The van der Waals surface area contributed by atoms with Gasteiger partial charge in [0.1, 0.15) is 97.5 Å². The zero-order valence-corrected chi connectivity index (χ0v) is 29.4. The Morgan fingerprint density at radius 3 is 1.20 bits per heavy atom. The molecule has 3 amide bonds. The molecule has 4 heterocycles. The van der Waals surface area contributed by atoms with Crippen LogP contribution in [0.2, 0.25) is 0 Å². The number of amides is 3. The maximum absolute atomic E-state index is 12.1. The third-order valence-electron chi connectivity index (χ3n) is 9.39. The third kappa shape index (κ3) is 9.97. The highest BCUT2D eigenvalue weighted by Crippen LogP contribution is 2.33. The van der Waals surface area contributed by atoms with Crippen LogP contribution < -0.4 is 16.0 Å². The molecule has 4 saturated heterocycles. The molecule has 0 aromatic carbocycles. The van der Waals surface area contributed by atoms with Crippen LogP contribution in [0.25, 0.3) is 0 Å². The van der Waals surface area contributed by atoms with Crippen molar-refractivity contribution < 1.29 is 104 Å². The molecule has 312 valence electrons. The van der Waals surface area contributed by atoms with Crippen LogP contribution in [0.1, 0.15) is 20.8 Å². The summed E-state index contributed by atoms with van der Waals surface area (Å²) < 4.78 is 40.1.